The highest BCUT2D eigenvalue weighted by Gasteiger charge is 2.05. The SMILES string of the molecule is Nc1cn(CCCNCC(O)c2ccccc2)cn1. The number of aliphatic hydroxyl groups excluding tert-OH is 1. The number of nitrogens with two attached hydrogens (primary N) is 1. The van der Waals surface area contributed by atoms with Crippen LogP contribution in [0, 0.1) is 0 Å². The van der Waals surface area contributed by atoms with Crippen molar-refractivity contribution in [3.8, 4) is 0 Å². The Kier molecular flexibility index (Phi) is 4.94. The van der Waals surface area contributed by atoms with Crippen LogP contribution in [0.5, 0.6) is 0 Å². The Labute approximate surface area is 113 Å². The van der Waals surface area contributed by atoms with Crippen molar-refractivity contribution in [1.29, 1.82) is 0 Å². The standard InChI is InChI=1S/C14H20N4O/c15-14-10-18(11-17-14)8-4-7-16-9-13(19)12-5-2-1-3-6-12/h1-3,5-6,10-11,13,16,19H,4,7-9,15H2. The molecule has 19 heavy (non-hydrogen) atoms. The zero-order valence-corrected chi connectivity index (χ0v) is 10.9. The van der Waals surface area contributed by atoms with Crippen LogP contribution in [-0.2, 0) is 6.54 Å². The summed E-state index contributed by atoms with van der Waals surface area (Å²) >= 11 is 0. The first-order valence-corrected chi connectivity index (χ1v) is 6.46. The number of nitrogen functional groups attached to an aromatic ring is 1. The summed E-state index contributed by atoms with van der Waals surface area (Å²) in [6, 6.07) is 9.67. The van der Waals surface area contributed by atoms with E-state index in [1.165, 1.54) is 0 Å². The van der Waals surface area contributed by atoms with Gasteiger partial charge in [0.05, 0.1) is 12.4 Å². The summed E-state index contributed by atoms with van der Waals surface area (Å²) in [5, 5.41) is 13.2. The Morgan fingerprint density at radius 2 is 2.11 bits per heavy atom. The fourth-order valence-corrected chi connectivity index (χ4v) is 1.92. The summed E-state index contributed by atoms with van der Waals surface area (Å²) in [6.45, 7) is 2.29. The van der Waals surface area contributed by atoms with Crippen LogP contribution in [0.2, 0.25) is 0 Å². The van der Waals surface area contributed by atoms with E-state index in [0.717, 1.165) is 25.1 Å². The lowest BCUT2D eigenvalue weighted by atomic mass is 10.1. The maximum absolute atomic E-state index is 9.95. The van der Waals surface area contributed by atoms with E-state index in [4.69, 9.17) is 5.73 Å². The number of aromatic nitrogens is 2. The zero-order valence-electron chi connectivity index (χ0n) is 10.9. The molecule has 0 amide bonds. The van der Waals surface area contributed by atoms with Crippen molar-refractivity contribution >= 4 is 5.82 Å². The quantitative estimate of drug-likeness (QED) is 0.653. The molecule has 102 valence electrons. The van der Waals surface area contributed by atoms with Crippen molar-refractivity contribution in [2.45, 2.75) is 19.1 Å². The average Bonchev–Trinajstić information content (AvgIpc) is 2.85. The molecule has 0 aliphatic rings. The van der Waals surface area contributed by atoms with Gasteiger partial charge in [-0.05, 0) is 18.5 Å². The summed E-state index contributed by atoms with van der Waals surface area (Å²) in [4.78, 5) is 3.96. The number of aliphatic hydroxyl groups is 1. The van der Waals surface area contributed by atoms with Gasteiger partial charge in [-0.15, -0.1) is 0 Å². The van der Waals surface area contributed by atoms with Gasteiger partial charge < -0.3 is 20.7 Å². The number of aryl methyl sites for hydroxylation is 1. The van der Waals surface area contributed by atoms with Gasteiger partial charge in [-0.2, -0.15) is 0 Å². The molecule has 1 unspecified atom stereocenters. The minimum Gasteiger partial charge on any atom is -0.387 e. The summed E-state index contributed by atoms with van der Waals surface area (Å²) in [5.74, 6) is 0.549. The highest BCUT2D eigenvalue weighted by Crippen LogP contribution is 2.10. The third-order valence-corrected chi connectivity index (χ3v) is 2.95. The normalized spacial score (nSPS) is 12.5. The number of anilines is 1. The van der Waals surface area contributed by atoms with Gasteiger partial charge in [-0.25, -0.2) is 4.98 Å². The summed E-state index contributed by atoms with van der Waals surface area (Å²) in [5.41, 5.74) is 6.47. The molecular weight excluding hydrogens is 240 g/mol. The monoisotopic (exact) mass is 260 g/mol. The Hall–Kier alpha value is -1.85. The van der Waals surface area contributed by atoms with E-state index in [0.29, 0.717) is 12.4 Å². The molecule has 0 spiro atoms. The van der Waals surface area contributed by atoms with E-state index in [1.807, 2.05) is 41.1 Å². The van der Waals surface area contributed by atoms with Crippen LogP contribution in [0.3, 0.4) is 0 Å². The molecule has 5 heteroatoms. The van der Waals surface area contributed by atoms with Crippen LogP contribution in [0.15, 0.2) is 42.9 Å². The molecule has 2 aromatic rings. The second-order valence-electron chi connectivity index (χ2n) is 4.52. The van der Waals surface area contributed by atoms with E-state index >= 15 is 0 Å². The molecule has 1 aromatic carbocycles. The Bertz CT molecular complexity index is 483. The first-order chi connectivity index (χ1) is 9.25. The Morgan fingerprint density at radius 3 is 2.79 bits per heavy atom. The van der Waals surface area contributed by atoms with Gasteiger partial charge in [0.1, 0.15) is 5.82 Å². The van der Waals surface area contributed by atoms with Gasteiger partial charge in [0.25, 0.3) is 0 Å². The van der Waals surface area contributed by atoms with Crippen LogP contribution in [0.1, 0.15) is 18.1 Å². The molecular formula is C14H20N4O. The molecule has 0 bridgehead atoms. The van der Waals surface area contributed by atoms with Crippen LogP contribution in [-0.4, -0.2) is 27.7 Å². The molecule has 1 heterocycles. The van der Waals surface area contributed by atoms with Crippen molar-refractivity contribution in [2.75, 3.05) is 18.8 Å². The number of hydrogen-bond donors (Lipinski definition) is 3. The van der Waals surface area contributed by atoms with Crippen molar-refractivity contribution in [3.63, 3.8) is 0 Å². The zero-order chi connectivity index (χ0) is 13.5. The molecule has 1 aromatic heterocycles. The number of imidazole rings is 1. The Morgan fingerprint density at radius 1 is 1.32 bits per heavy atom. The van der Waals surface area contributed by atoms with E-state index in [-0.39, 0.29) is 0 Å². The van der Waals surface area contributed by atoms with Crippen molar-refractivity contribution in [2.24, 2.45) is 0 Å². The van der Waals surface area contributed by atoms with Gasteiger partial charge in [-0.1, -0.05) is 30.3 Å². The van der Waals surface area contributed by atoms with E-state index in [9.17, 15) is 5.11 Å². The molecule has 0 aliphatic heterocycles. The second-order valence-corrected chi connectivity index (χ2v) is 4.52. The number of nitrogens with one attached hydrogen (secondary N) is 1. The van der Waals surface area contributed by atoms with Gasteiger partial charge in [-0.3, -0.25) is 0 Å². The van der Waals surface area contributed by atoms with Crippen LogP contribution in [0.25, 0.3) is 0 Å². The van der Waals surface area contributed by atoms with Crippen LogP contribution in [0.4, 0.5) is 5.82 Å². The first-order valence-electron chi connectivity index (χ1n) is 6.46. The fourth-order valence-electron chi connectivity index (χ4n) is 1.92. The smallest absolute Gasteiger partial charge is 0.141 e. The molecule has 0 fully saturated rings. The lowest BCUT2D eigenvalue weighted by molar-refractivity contribution is 0.174. The Balaban J connectivity index is 1.62. The molecule has 1 atom stereocenters. The van der Waals surface area contributed by atoms with E-state index < -0.39 is 6.10 Å². The number of benzene rings is 1. The first kappa shape index (κ1) is 13.6. The summed E-state index contributed by atoms with van der Waals surface area (Å²) < 4.78 is 1.96. The maximum atomic E-state index is 9.95. The highest BCUT2D eigenvalue weighted by atomic mass is 16.3. The lowest BCUT2D eigenvalue weighted by Gasteiger charge is -2.12. The number of hydrogen-bond acceptors (Lipinski definition) is 4. The maximum Gasteiger partial charge on any atom is 0.141 e. The predicted molar refractivity (Wildman–Crippen MR) is 75.5 cm³/mol. The largest absolute Gasteiger partial charge is 0.387 e. The van der Waals surface area contributed by atoms with Crippen molar-refractivity contribution in [3.05, 3.63) is 48.4 Å². The van der Waals surface area contributed by atoms with Gasteiger partial charge >= 0.3 is 0 Å². The minimum absolute atomic E-state index is 0.454. The van der Waals surface area contributed by atoms with Gasteiger partial charge in [0, 0.05) is 19.3 Å². The molecule has 0 aliphatic carbocycles. The second kappa shape index (κ2) is 6.92. The van der Waals surface area contributed by atoms with Gasteiger partial charge in [0.15, 0.2) is 0 Å². The van der Waals surface area contributed by atoms with Gasteiger partial charge in [0.2, 0.25) is 0 Å². The van der Waals surface area contributed by atoms with E-state index in [1.54, 1.807) is 6.33 Å². The predicted octanol–water partition coefficient (Wildman–Crippen LogP) is 1.18. The minimum atomic E-state index is -0.454. The average molecular weight is 260 g/mol. The third kappa shape index (κ3) is 4.39. The summed E-state index contributed by atoms with van der Waals surface area (Å²) in [7, 11) is 0. The fraction of sp³-hybridized carbons (Fsp3) is 0.357. The molecule has 0 saturated heterocycles. The van der Waals surface area contributed by atoms with Crippen LogP contribution < -0.4 is 11.1 Å². The topological polar surface area (TPSA) is 76.1 Å². The molecule has 0 radical (unpaired) electrons. The molecule has 5 nitrogen and oxygen atoms in total. The number of rotatable bonds is 7. The molecule has 4 N–H and O–H groups in total. The van der Waals surface area contributed by atoms with E-state index in [2.05, 4.69) is 10.3 Å². The lowest BCUT2D eigenvalue weighted by Crippen LogP contribution is -2.23. The van der Waals surface area contributed by atoms with Crippen molar-refractivity contribution in [1.82, 2.24) is 14.9 Å². The molecule has 0 saturated carbocycles. The highest BCUT2D eigenvalue weighted by molar-refractivity contribution is 5.22. The summed E-state index contributed by atoms with van der Waals surface area (Å²) in [6.07, 6.45) is 4.06. The molecule has 2 rings (SSSR count). The number of nitrogens with zero attached hydrogens (tertiary/aromatic N) is 2. The van der Waals surface area contributed by atoms with Crippen LogP contribution >= 0.6 is 0 Å². The van der Waals surface area contributed by atoms with Crippen molar-refractivity contribution < 1.29 is 5.11 Å². The third-order valence-electron chi connectivity index (χ3n) is 2.95.